The minimum Gasteiger partial charge on any atom is -0.619 e. The van der Waals surface area contributed by atoms with Crippen molar-refractivity contribution in [3.05, 3.63) is 122 Å². The van der Waals surface area contributed by atoms with Gasteiger partial charge < -0.3 is 24.5 Å². The number of hydrogen-bond acceptors (Lipinski definition) is 7. The van der Waals surface area contributed by atoms with Gasteiger partial charge in [0.15, 0.2) is 23.9 Å². The summed E-state index contributed by atoms with van der Waals surface area (Å²) in [5, 5.41) is 22.9. The van der Waals surface area contributed by atoms with Gasteiger partial charge in [-0.25, -0.2) is 14.0 Å². The van der Waals surface area contributed by atoms with Crippen LogP contribution < -0.4 is 19.1 Å². The molecule has 1 aromatic heterocycles. The van der Waals surface area contributed by atoms with E-state index < -0.39 is 30.4 Å². The average molecular weight is 801 g/mol. The topological polar surface area (TPSA) is 115 Å². The Balaban J connectivity index is 1.35. The molecule has 4 aromatic rings. The molecule has 1 aliphatic carbocycles. The Hall–Kier alpha value is -4.72. The maximum atomic E-state index is 14.7. The summed E-state index contributed by atoms with van der Waals surface area (Å²) in [6, 6.07) is 14.4. The molecule has 290 valence electrons. The number of piperidine rings is 3. The van der Waals surface area contributed by atoms with Gasteiger partial charge in [0, 0.05) is 18.0 Å². The Bertz CT molecular complexity index is 2040. The van der Waals surface area contributed by atoms with E-state index in [0.29, 0.717) is 28.0 Å². The van der Waals surface area contributed by atoms with Crippen LogP contribution in [-0.4, -0.2) is 61.0 Å². The number of fused-ring (bicyclic) bond motifs is 3. The van der Waals surface area contributed by atoms with Crippen molar-refractivity contribution < 1.29 is 46.8 Å². The molecule has 3 aliphatic heterocycles. The highest BCUT2D eigenvalue weighted by Gasteiger charge is 2.38. The maximum absolute atomic E-state index is 14.7. The Morgan fingerprint density at radius 1 is 0.982 bits per heavy atom. The summed E-state index contributed by atoms with van der Waals surface area (Å²) < 4.78 is 59.1. The first-order chi connectivity index (χ1) is 26.4. The first kappa shape index (κ1) is 38.6. The molecule has 0 radical (unpaired) electrons. The van der Waals surface area contributed by atoms with Gasteiger partial charge in [-0.1, -0.05) is 47.5 Å². The van der Waals surface area contributed by atoms with Crippen molar-refractivity contribution in [2.45, 2.75) is 57.3 Å². The van der Waals surface area contributed by atoms with Gasteiger partial charge in [0.2, 0.25) is 0 Å². The minimum atomic E-state index is -3.14. The van der Waals surface area contributed by atoms with Crippen molar-refractivity contribution in [3.8, 4) is 11.5 Å². The molecule has 1 saturated carbocycles. The smallest absolute Gasteiger partial charge is 0.414 e. The number of amides is 1. The van der Waals surface area contributed by atoms with E-state index in [-0.39, 0.29) is 75.9 Å². The monoisotopic (exact) mass is 799 g/mol. The van der Waals surface area contributed by atoms with E-state index in [2.05, 4.69) is 4.90 Å². The maximum Gasteiger partial charge on any atom is 0.414 e. The molecule has 4 heterocycles. The molecular formula is C40H38Cl2F3N3O7. The Kier molecular flexibility index (Phi) is 11.6. The van der Waals surface area contributed by atoms with Crippen LogP contribution in [0.5, 0.6) is 11.5 Å². The van der Waals surface area contributed by atoms with Crippen LogP contribution in [0, 0.1) is 22.9 Å². The Labute approximate surface area is 325 Å². The summed E-state index contributed by atoms with van der Waals surface area (Å²) in [7, 11) is 0. The first-order valence-electron chi connectivity index (χ1n) is 18.0. The molecular weight excluding hydrogens is 762 g/mol. The highest BCUT2D eigenvalue weighted by Crippen LogP contribution is 2.42. The first-order valence-corrected chi connectivity index (χ1v) is 18.8. The lowest BCUT2D eigenvalue weighted by Gasteiger charge is -2.44. The zero-order valence-electron chi connectivity index (χ0n) is 29.5. The Morgan fingerprint density at radius 2 is 1.71 bits per heavy atom. The van der Waals surface area contributed by atoms with E-state index in [1.807, 2.05) is 0 Å². The summed E-state index contributed by atoms with van der Waals surface area (Å²) in [5.74, 6) is -2.57. The number of rotatable bonds is 14. The van der Waals surface area contributed by atoms with Gasteiger partial charge in [-0.2, -0.15) is 13.5 Å². The lowest BCUT2D eigenvalue weighted by atomic mass is 9.80. The number of pyridine rings is 1. The van der Waals surface area contributed by atoms with Gasteiger partial charge >= 0.3 is 18.7 Å². The number of anilines is 1. The second-order valence-corrected chi connectivity index (χ2v) is 15.0. The molecule has 2 atom stereocenters. The summed E-state index contributed by atoms with van der Waals surface area (Å²) in [5.41, 5.74) is 1.36. The van der Waals surface area contributed by atoms with Crippen LogP contribution in [0.2, 0.25) is 10.0 Å². The van der Waals surface area contributed by atoms with E-state index in [1.165, 1.54) is 53.4 Å². The number of hydrogen-bond donors (Lipinski definition) is 1. The van der Waals surface area contributed by atoms with Crippen LogP contribution in [-0.2, 0) is 17.7 Å². The van der Waals surface area contributed by atoms with Gasteiger partial charge in [-0.05, 0) is 110 Å². The highest BCUT2D eigenvalue weighted by molar-refractivity contribution is 6.35. The zero-order chi connectivity index (χ0) is 38.8. The minimum absolute atomic E-state index is 0.00667. The van der Waals surface area contributed by atoms with Crippen LogP contribution in [0.25, 0.3) is 0 Å². The quantitative estimate of drug-likeness (QED) is 0.0999. The van der Waals surface area contributed by atoms with E-state index in [1.54, 1.807) is 12.1 Å². The number of nitrogens with zero attached hydrogens (tertiary/aromatic N) is 3. The number of aromatic nitrogens is 1. The molecule has 2 bridgehead atoms. The number of halogens is 5. The van der Waals surface area contributed by atoms with Crippen LogP contribution in [0.4, 0.5) is 23.7 Å². The Morgan fingerprint density at radius 3 is 2.35 bits per heavy atom. The summed E-state index contributed by atoms with van der Waals surface area (Å²) in [6.07, 6.45) is 4.67. The van der Waals surface area contributed by atoms with Crippen LogP contribution in [0.3, 0.4) is 0 Å². The largest absolute Gasteiger partial charge is 0.619 e. The number of carbonyl (C=O) groups is 2. The second kappa shape index (κ2) is 16.6. The third kappa shape index (κ3) is 9.06. The molecule has 4 aliphatic rings. The summed E-state index contributed by atoms with van der Waals surface area (Å²) in [6.45, 7) is -0.704. The number of benzene rings is 3. The van der Waals surface area contributed by atoms with E-state index in [9.17, 15) is 33.1 Å². The molecule has 0 unspecified atom stereocenters. The van der Waals surface area contributed by atoms with Crippen molar-refractivity contribution in [1.29, 1.82) is 0 Å². The molecule has 1 amide bonds. The van der Waals surface area contributed by atoms with Crippen molar-refractivity contribution in [2.75, 3.05) is 31.1 Å². The van der Waals surface area contributed by atoms with Crippen LogP contribution in [0.15, 0.2) is 73.1 Å². The van der Waals surface area contributed by atoms with Crippen molar-refractivity contribution in [2.24, 2.45) is 11.8 Å². The molecule has 10 nitrogen and oxygen atoms in total. The molecule has 3 aromatic carbocycles. The number of carboxylic acid groups (broad SMARTS) is 1. The molecule has 1 N–H and O–H groups in total. The van der Waals surface area contributed by atoms with E-state index in [0.717, 1.165) is 51.2 Å². The fourth-order valence-corrected chi connectivity index (χ4v) is 8.12. The van der Waals surface area contributed by atoms with Gasteiger partial charge in [0.1, 0.15) is 22.0 Å². The zero-order valence-corrected chi connectivity index (χ0v) is 31.0. The van der Waals surface area contributed by atoms with Gasteiger partial charge in [0.05, 0.1) is 24.4 Å². The van der Waals surface area contributed by atoms with Gasteiger partial charge in [-0.3, -0.25) is 9.80 Å². The van der Waals surface area contributed by atoms with Crippen molar-refractivity contribution >= 4 is 41.0 Å². The van der Waals surface area contributed by atoms with E-state index >= 15 is 0 Å². The lowest BCUT2D eigenvalue weighted by Crippen LogP contribution is -2.53. The van der Waals surface area contributed by atoms with Gasteiger partial charge in [-0.15, -0.1) is 0 Å². The summed E-state index contributed by atoms with van der Waals surface area (Å²) in [4.78, 5) is 30.7. The molecule has 8 rings (SSSR count). The predicted octanol–water partition coefficient (Wildman–Crippen LogP) is 8.47. The second-order valence-electron chi connectivity index (χ2n) is 14.2. The molecule has 0 spiro atoms. The fourth-order valence-electron chi connectivity index (χ4n) is 7.52. The van der Waals surface area contributed by atoms with E-state index in [4.69, 9.17) is 37.4 Å². The lowest BCUT2D eigenvalue weighted by molar-refractivity contribution is -0.605. The number of alkyl halides is 2. The van der Waals surface area contributed by atoms with Crippen LogP contribution >= 0.6 is 23.2 Å². The third-order valence-electron chi connectivity index (χ3n) is 10.5. The van der Waals surface area contributed by atoms with Crippen LogP contribution in [0.1, 0.15) is 64.2 Å². The van der Waals surface area contributed by atoms with Gasteiger partial charge in [0.25, 0.3) is 0 Å². The number of carboxylic acids is 1. The molecule has 55 heavy (non-hydrogen) atoms. The summed E-state index contributed by atoms with van der Waals surface area (Å²) >= 11 is 13.2. The highest BCUT2D eigenvalue weighted by atomic mass is 35.5. The molecule has 3 saturated heterocycles. The molecule has 4 fully saturated rings. The normalized spacial score (nSPS) is 19.6. The van der Waals surface area contributed by atoms with Crippen molar-refractivity contribution in [1.82, 2.24) is 4.90 Å². The average Bonchev–Trinajstić information content (AvgIpc) is 3.98. The number of ether oxygens (including phenoxy) is 3. The fraction of sp³-hybridized carbons (Fsp3) is 0.375. The number of aromatic carboxylic acids is 1. The SMILES string of the molecule is O=C(O)c1cccc(CN(C(=O)O[C@H]2CN3CCC2CC3)c2cccc(F)c2)c1[C@@H](Cc1c(Cl)c[n+]([O-])cc1Cl)c1ccc(OC(F)F)c(OCC2CC2)c1. The number of carbonyl (C=O) groups excluding carboxylic acids is 1. The predicted molar refractivity (Wildman–Crippen MR) is 198 cm³/mol. The standard InChI is InChI=1S/C40H38Cl2F3N3O7/c41-32-19-47(52)20-33(42)31(32)17-30(25-9-10-34(54-39(44)45)35(15-25)53-22-23-7-8-23)37-26(3-1-6-29(37)38(49)50)18-48(28-5-2-4-27(43)16-28)40(51)55-36-21-46-13-11-24(36)12-14-46/h1-6,9-10,15-16,19-20,23-24,30,36,39H,7-8,11-14,17-18,21-22H2,(H,49,50)/t30-,36-/m0/s1. The molecule has 15 heteroatoms. The third-order valence-corrected chi connectivity index (χ3v) is 11.2. The van der Waals surface area contributed by atoms with Crippen molar-refractivity contribution in [3.63, 3.8) is 0 Å².